The van der Waals surface area contributed by atoms with Crippen LogP contribution in [0.5, 0.6) is 0 Å². The van der Waals surface area contributed by atoms with Crippen LogP contribution in [-0.2, 0) is 14.3 Å². The number of carboxylic acid groups (broad SMARTS) is 1. The maximum absolute atomic E-state index is 13.0. The second-order valence-corrected chi connectivity index (χ2v) is 11.4. The van der Waals surface area contributed by atoms with Gasteiger partial charge in [0.1, 0.15) is 6.61 Å². The number of rotatable bonds is 6. The van der Waals surface area contributed by atoms with E-state index in [0.717, 1.165) is 22.6 Å². The fourth-order valence-electron chi connectivity index (χ4n) is 5.47. The minimum absolute atomic E-state index is 0.0255. The largest absolute Gasteiger partial charge is 0.481 e. The quantitative estimate of drug-likeness (QED) is 0.627. The molecule has 2 aliphatic heterocycles. The average Bonchev–Trinajstić information content (AvgIpc) is 3.14. The average molecular weight is 495 g/mol. The van der Waals surface area contributed by atoms with Gasteiger partial charge in [0, 0.05) is 19.0 Å². The van der Waals surface area contributed by atoms with Crippen LogP contribution >= 0.6 is 11.8 Å². The van der Waals surface area contributed by atoms with Crippen molar-refractivity contribution in [3.05, 3.63) is 59.7 Å². The van der Waals surface area contributed by atoms with Crippen LogP contribution in [0.1, 0.15) is 43.2 Å². The van der Waals surface area contributed by atoms with E-state index < -0.39 is 23.0 Å². The second-order valence-electron chi connectivity index (χ2n) is 10.1. The van der Waals surface area contributed by atoms with E-state index in [1.807, 2.05) is 24.3 Å². The molecule has 0 radical (unpaired) electrons. The minimum Gasteiger partial charge on any atom is -0.481 e. The number of nitrogens with zero attached hydrogens (tertiary/aromatic N) is 1. The highest BCUT2D eigenvalue weighted by Crippen LogP contribution is 2.44. The first kappa shape index (κ1) is 23.7. The Labute approximate surface area is 209 Å². The van der Waals surface area contributed by atoms with Gasteiger partial charge in [0.05, 0.1) is 17.4 Å². The monoisotopic (exact) mass is 494 g/mol. The molecule has 1 aliphatic carbocycles. The molecule has 0 unspecified atom stereocenters. The van der Waals surface area contributed by atoms with Gasteiger partial charge in [-0.15, -0.1) is 0 Å². The Hall–Kier alpha value is -3.00. The molecular formula is C27H30N2O5S. The second kappa shape index (κ2) is 9.22. The minimum atomic E-state index is -0.887. The maximum atomic E-state index is 13.0. The first-order valence-electron chi connectivity index (χ1n) is 12.0. The van der Waals surface area contributed by atoms with Crippen molar-refractivity contribution in [2.24, 2.45) is 5.41 Å². The molecule has 0 aromatic heterocycles. The molecular weight excluding hydrogens is 464 g/mol. The van der Waals surface area contributed by atoms with Crippen molar-refractivity contribution in [1.29, 1.82) is 0 Å². The SMILES string of the molecule is CC1(C(=O)O)CN(C(=O)CC2(NC(=O)OCC3c4ccccc4-c4ccccc43)CCSCC2)C1. The molecule has 3 aliphatic rings. The molecule has 7 nitrogen and oxygen atoms in total. The van der Waals surface area contributed by atoms with E-state index >= 15 is 0 Å². The van der Waals surface area contributed by atoms with Gasteiger partial charge in [-0.25, -0.2) is 4.79 Å². The third-order valence-corrected chi connectivity index (χ3v) is 8.58. The fraction of sp³-hybridized carbons (Fsp3) is 0.444. The van der Waals surface area contributed by atoms with Crippen molar-refractivity contribution in [2.75, 3.05) is 31.2 Å². The summed E-state index contributed by atoms with van der Waals surface area (Å²) in [7, 11) is 0. The van der Waals surface area contributed by atoms with Gasteiger partial charge in [0.25, 0.3) is 0 Å². The molecule has 5 rings (SSSR count). The zero-order chi connectivity index (χ0) is 24.6. The number of carboxylic acids is 1. The molecule has 2 N–H and O–H groups in total. The van der Waals surface area contributed by atoms with Crippen molar-refractivity contribution in [1.82, 2.24) is 10.2 Å². The van der Waals surface area contributed by atoms with Crippen molar-refractivity contribution in [3.63, 3.8) is 0 Å². The molecule has 0 atom stereocenters. The number of alkyl carbamates (subject to hydrolysis) is 1. The molecule has 2 fully saturated rings. The number of likely N-dealkylation sites (tertiary alicyclic amines) is 1. The molecule has 35 heavy (non-hydrogen) atoms. The van der Waals surface area contributed by atoms with Crippen LogP contribution in [0.4, 0.5) is 4.79 Å². The van der Waals surface area contributed by atoms with E-state index in [1.54, 1.807) is 23.6 Å². The molecule has 2 aromatic carbocycles. The molecule has 0 bridgehead atoms. The number of hydrogen-bond donors (Lipinski definition) is 2. The highest BCUT2D eigenvalue weighted by atomic mass is 32.2. The first-order chi connectivity index (χ1) is 16.8. The van der Waals surface area contributed by atoms with E-state index in [-0.39, 0.29) is 37.9 Å². The highest BCUT2D eigenvalue weighted by molar-refractivity contribution is 7.99. The number of thioether (sulfide) groups is 1. The number of amides is 2. The number of carbonyl (C=O) groups excluding carboxylic acids is 2. The van der Waals surface area contributed by atoms with Gasteiger partial charge in [0.2, 0.25) is 5.91 Å². The van der Waals surface area contributed by atoms with Crippen LogP contribution in [0, 0.1) is 5.41 Å². The Morgan fingerprint density at radius 3 is 2.17 bits per heavy atom. The van der Waals surface area contributed by atoms with E-state index in [9.17, 15) is 19.5 Å². The highest BCUT2D eigenvalue weighted by Gasteiger charge is 2.49. The summed E-state index contributed by atoms with van der Waals surface area (Å²) >= 11 is 1.81. The normalized spacial score (nSPS) is 19.7. The van der Waals surface area contributed by atoms with Crippen LogP contribution in [0.2, 0.25) is 0 Å². The van der Waals surface area contributed by atoms with Crippen molar-refractivity contribution < 1.29 is 24.2 Å². The predicted octanol–water partition coefficient (Wildman–Crippen LogP) is 4.11. The number of benzene rings is 2. The van der Waals surface area contributed by atoms with Crippen LogP contribution in [0.15, 0.2) is 48.5 Å². The third kappa shape index (κ3) is 4.51. The molecule has 2 heterocycles. The van der Waals surface area contributed by atoms with Gasteiger partial charge in [-0.3, -0.25) is 9.59 Å². The number of nitrogens with one attached hydrogen (secondary N) is 1. The summed E-state index contributed by atoms with van der Waals surface area (Å²) < 4.78 is 5.75. The summed E-state index contributed by atoms with van der Waals surface area (Å²) in [5, 5.41) is 12.4. The molecule has 2 aromatic rings. The summed E-state index contributed by atoms with van der Waals surface area (Å²) in [4.78, 5) is 38.9. The van der Waals surface area contributed by atoms with Gasteiger partial charge in [-0.05, 0) is 53.5 Å². The predicted molar refractivity (Wildman–Crippen MR) is 134 cm³/mol. The summed E-state index contributed by atoms with van der Waals surface area (Å²) in [5.41, 5.74) is 3.10. The molecule has 2 amide bonds. The van der Waals surface area contributed by atoms with Gasteiger partial charge in [-0.1, -0.05) is 48.5 Å². The Balaban J connectivity index is 1.24. The summed E-state index contributed by atoms with van der Waals surface area (Å²) in [6, 6.07) is 16.4. The van der Waals surface area contributed by atoms with Gasteiger partial charge < -0.3 is 20.1 Å². The van der Waals surface area contributed by atoms with Crippen LogP contribution in [0.25, 0.3) is 11.1 Å². The van der Waals surface area contributed by atoms with Crippen LogP contribution in [-0.4, -0.2) is 64.7 Å². The Morgan fingerprint density at radius 2 is 1.60 bits per heavy atom. The summed E-state index contributed by atoms with van der Waals surface area (Å²) in [5.74, 6) is 0.673. The topological polar surface area (TPSA) is 95.9 Å². The lowest BCUT2D eigenvalue weighted by molar-refractivity contribution is -0.164. The first-order valence-corrected chi connectivity index (χ1v) is 13.2. The van der Waals surface area contributed by atoms with Crippen LogP contribution in [0.3, 0.4) is 0 Å². The molecule has 0 spiro atoms. The smallest absolute Gasteiger partial charge is 0.407 e. The Kier molecular flexibility index (Phi) is 6.25. The van der Waals surface area contributed by atoms with Gasteiger partial charge in [-0.2, -0.15) is 11.8 Å². The summed E-state index contributed by atoms with van der Waals surface area (Å²) in [6.45, 7) is 2.29. The maximum Gasteiger partial charge on any atom is 0.407 e. The zero-order valence-electron chi connectivity index (χ0n) is 19.8. The molecule has 0 saturated carbocycles. The standard InChI is InChI=1S/C27H30N2O5S/c1-26(24(31)32)16-29(17-26)23(30)14-27(10-12-35-13-11-27)28-25(33)34-15-22-20-8-4-2-6-18(20)19-7-3-5-9-21(19)22/h2-9,22H,10-17H2,1H3,(H,28,33)(H,31,32). The van der Waals surface area contributed by atoms with Crippen molar-refractivity contribution in [2.45, 2.75) is 37.6 Å². The fourth-order valence-corrected chi connectivity index (χ4v) is 6.74. The molecule has 8 heteroatoms. The number of carbonyl (C=O) groups is 3. The number of aliphatic carboxylic acids is 1. The van der Waals surface area contributed by atoms with Gasteiger partial charge in [0.15, 0.2) is 0 Å². The van der Waals surface area contributed by atoms with Crippen molar-refractivity contribution in [3.8, 4) is 11.1 Å². The lowest BCUT2D eigenvalue weighted by Crippen LogP contribution is -2.62. The Morgan fingerprint density at radius 1 is 1.03 bits per heavy atom. The number of fused-ring (bicyclic) bond motifs is 3. The van der Waals surface area contributed by atoms with E-state index in [1.165, 1.54) is 11.1 Å². The zero-order valence-corrected chi connectivity index (χ0v) is 20.6. The van der Waals surface area contributed by atoms with E-state index in [4.69, 9.17) is 4.74 Å². The van der Waals surface area contributed by atoms with E-state index in [2.05, 4.69) is 29.6 Å². The molecule has 2 saturated heterocycles. The summed E-state index contributed by atoms with van der Waals surface area (Å²) in [6.07, 6.45) is 1.01. The van der Waals surface area contributed by atoms with Crippen LogP contribution < -0.4 is 5.32 Å². The number of ether oxygens (including phenoxy) is 1. The van der Waals surface area contributed by atoms with E-state index in [0.29, 0.717) is 12.8 Å². The third-order valence-electron chi connectivity index (χ3n) is 7.60. The lowest BCUT2D eigenvalue weighted by atomic mass is 9.80. The van der Waals surface area contributed by atoms with Gasteiger partial charge >= 0.3 is 12.1 Å². The Bertz CT molecular complexity index is 1110. The van der Waals surface area contributed by atoms with Crippen molar-refractivity contribution >= 4 is 29.7 Å². The molecule has 184 valence electrons. The lowest BCUT2D eigenvalue weighted by Gasteiger charge is -2.47. The number of hydrogen-bond acceptors (Lipinski definition) is 5.